The monoisotopic (exact) mass is 439 g/mol. The Hall–Kier alpha value is -3.44. The molecule has 0 amide bonds. The van der Waals surface area contributed by atoms with Gasteiger partial charge in [-0.3, -0.25) is 0 Å². The van der Waals surface area contributed by atoms with E-state index in [1.54, 1.807) is 20.0 Å². The van der Waals surface area contributed by atoms with Crippen molar-refractivity contribution < 1.29 is 13.2 Å². The van der Waals surface area contributed by atoms with Crippen molar-refractivity contribution in [1.82, 2.24) is 15.8 Å². The number of aryl methyl sites for hydroxylation is 1. The van der Waals surface area contributed by atoms with Gasteiger partial charge in [0, 0.05) is 36.2 Å². The maximum Gasteiger partial charge on any atom is 0.161 e. The number of hydrogen-bond donors (Lipinski definition) is 4. The Morgan fingerprint density at radius 2 is 1.94 bits per heavy atom. The molecule has 4 N–H and O–H groups in total. The second kappa shape index (κ2) is 8.24. The first-order valence-corrected chi connectivity index (χ1v) is 10.3. The minimum atomic E-state index is -0.863. The molecule has 166 valence electrons. The fraction of sp³-hybridized carbons (Fsp3) is 0.292. The van der Waals surface area contributed by atoms with Gasteiger partial charge in [-0.15, -0.1) is 11.8 Å². The van der Waals surface area contributed by atoms with Crippen molar-refractivity contribution in [2.45, 2.75) is 39.7 Å². The number of aromatic nitrogens is 1. The van der Waals surface area contributed by atoms with Gasteiger partial charge in [0.2, 0.25) is 0 Å². The molecule has 4 rings (SSSR count). The van der Waals surface area contributed by atoms with E-state index >= 15 is 8.78 Å². The van der Waals surface area contributed by atoms with Crippen LogP contribution in [0.15, 0.2) is 29.4 Å². The number of nitrogens with one attached hydrogen (secondary N) is 4. The summed E-state index contributed by atoms with van der Waals surface area (Å²) in [6, 6.07) is 3.68. The molecule has 1 aliphatic rings. The van der Waals surface area contributed by atoms with Gasteiger partial charge in [-0.25, -0.2) is 23.6 Å². The Bertz CT molecular complexity index is 1290. The Labute approximate surface area is 184 Å². The Kier molecular flexibility index (Phi) is 5.61. The molecular weight excluding hydrogens is 415 g/mol. The number of aliphatic imine (C=N–C) groups is 1. The van der Waals surface area contributed by atoms with Crippen molar-refractivity contribution in [3.63, 3.8) is 0 Å². The molecule has 1 aromatic heterocycles. The van der Waals surface area contributed by atoms with Crippen molar-refractivity contribution in [3.8, 4) is 23.0 Å². The molecule has 32 heavy (non-hydrogen) atoms. The van der Waals surface area contributed by atoms with Crippen molar-refractivity contribution in [3.05, 3.63) is 47.4 Å². The smallest absolute Gasteiger partial charge is 0.161 e. The summed E-state index contributed by atoms with van der Waals surface area (Å²) < 4.78 is 45.2. The molecule has 8 heteroatoms. The van der Waals surface area contributed by atoms with E-state index in [2.05, 4.69) is 38.0 Å². The molecule has 0 bridgehead atoms. The Morgan fingerprint density at radius 3 is 2.69 bits per heavy atom. The fourth-order valence-electron chi connectivity index (χ4n) is 3.82. The lowest BCUT2D eigenvalue weighted by atomic mass is 9.96. The van der Waals surface area contributed by atoms with Crippen molar-refractivity contribution in [2.75, 3.05) is 11.9 Å². The third-order valence-electron chi connectivity index (χ3n) is 5.44. The molecule has 0 atom stereocenters. The minimum Gasteiger partial charge on any atom is -0.371 e. The van der Waals surface area contributed by atoms with Crippen LogP contribution in [0.3, 0.4) is 0 Å². The number of halogens is 3. The molecule has 0 saturated carbocycles. The van der Waals surface area contributed by atoms with E-state index in [1.165, 1.54) is 12.1 Å². The minimum absolute atomic E-state index is 0.0425. The summed E-state index contributed by atoms with van der Waals surface area (Å²) in [7, 11) is 0. The first-order chi connectivity index (χ1) is 15.2. The number of nitrogens with zero attached hydrogens (tertiary/aromatic N) is 1. The number of H-pyrrole nitrogens is 1. The Morgan fingerprint density at radius 1 is 1.16 bits per heavy atom. The number of rotatable bonds is 4. The van der Waals surface area contributed by atoms with E-state index in [-0.39, 0.29) is 22.5 Å². The molecule has 1 aliphatic heterocycles. The number of hydrazine groups is 1. The van der Waals surface area contributed by atoms with Crippen LogP contribution in [0.4, 0.5) is 24.5 Å². The summed E-state index contributed by atoms with van der Waals surface area (Å²) in [5.41, 5.74) is 6.52. The molecule has 0 aliphatic carbocycles. The second-order valence-corrected chi connectivity index (χ2v) is 8.23. The van der Waals surface area contributed by atoms with Gasteiger partial charge in [-0.2, -0.15) is 0 Å². The lowest BCUT2D eigenvalue weighted by Crippen LogP contribution is -2.54. The van der Waals surface area contributed by atoms with Gasteiger partial charge in [-0.1, -0.05) is 0 Å². The van der Waals surface area contributed by atoms with E-state index < -0.39 is 23.0 Å². The van der Waals surface area contributed by atoms with Crippen LogP contribution in [-0.2, 0) is 0 Å². The summed E-state index contributed by atoms with van der Waals surface area (Å²) in [6.45, 7) is 7.82. The van der Waals surface area contributed by atoms with Crippen molar-refractivity contribution >= 4 is 28.1 Å². The number of benzene rings is 2. The molecule has 2 heterocycles. The highest BCUT2D eigenvalue weighted by Crippen LogP contribution is 2.43. The topological polar surface area (TPSA) is 64.2 Å². The zero-order valence-electron chi connectivity index (χ0n) is 18.3. The normalized spacial score (nSPS) is 14.3. The molecule has 3 aromatic rings. The van der Waals surface area contributed by atoms with Gasteiger partial charge >= 0.3 is 0 Å². The predicted molar refractivity (Wildman–Crippen MR) is 122 cm³/mol. The van der Waals surface area contributed by atoms with Crippen LogP contribution in [0.25, 0.3) is 22.0 Å². The number of amidine groups is 1. The van der Waals surface area contributed by atoms with Crippen LogP contribution in [0.1, 0.15) is 32.8 Å². The van der Waals surface area contributed by atoms with Crippen LogP contribution in [-0.4, -0.2) is 22.9 Å². The maximum atomic E-state index is 15.7. The highest BCUT2D eigenvalue weighted by atomic mass is 19.1. The van der Waals surface area contributed by atoms with Crippen molar-refractivity contribution in [2.24, 2.45) is 4.99 Å². The van der Waals surface area contributed by atoms with Gasteiger partial charge in [0.1, 0.15) is 23.2 Å². The van der Waals surface area contributed by atoms with Crippen LogP contribution >= 0.6 is 0 Å². The number of anilines is 1. The van der Waals surface area contributed by atoms with Crippen molar-refractivity contribution in [1.29, 1.82) is 0 Å². The standard InChI is InChI=1S/C24H24F3N5/c1-5-6-7-8-29-32-23-24(3,4)31-18-11-17(26)19(20(27)22(18)30-23)16-10-14(25)9-15-13(2)12-28-21(15)16/h9-12,28-29,31H,7-8H2,1-4H3,(H,30,32). The number of hydrogen-bond acceptors (Lipinski definition) is 4. The van der Waals surface area contributed by atoms with E-state index in [1.807, 2.05) is 13.8 Å². The highest BCUT2D eigenvalue weighted by molar-refractivity contribution is 6.02. The molecule has 0 radical (unpaired) electrons. The maximum absolute atomic E-state index is 15.7. The van der Waals surface area contributed by atoms with E-state index in [0.29, 0.717) is 29.7 Å². The number of fused-ring (bicyclic) bond motifs is 2. The quantitative estimate of drug-likeness (QED) is 0.253. The largest absolute Gasteiger partial charge is 0.371 e. The lowest BCUT2D eigenvalue weighted by molar-refractivity contribution is 0.581. The molecule has 0 saturated heterocycles. The van der Waals surface area contributed by atoms with Crippen LogP contribution in [0.2, 0.25) is 0 Å². The zero-order chi connectivity index (χ0) is 23.0. The molecule has 0 unspecified atom stereocenters. The highest BCUT2D eigenvalue weighted by Gasteiger charge is 2.33. The number of aromatic amines is 1. The van der Waals surface area contributed by atoms with Gasteiger partial charge in [0.05, 0.1) is 22.3 Å². The Balaban J connectivity index is 1.81. The van der Waals surface area contributed by atoms with Crippen LogP contribution in [0, 0.1) is 36.2 Å². The van der Waals surface area contributed by atoms with E-state index in [4.69, 9.17) is 0 Å². The third-order valence-corrected chi connectivity index (χ3v) is 5.44. The molecule has 0 spiro atoms. The summed E-state index contributed by atoms with van der Waals surface area (Å²) in [6.07, 6.45) is 2.32. The average Bonchev–Trinajstić information content (AvgIpc) is 3.08. The zero-order valence-corrected chi connectivity index (χ0v) is 18.3. The third kappa shape index (κ3) is 3.80. The molecular formula is C24H24F3N5. The predicted octanol–water partition coefficient (Wildman–Crippen LogP) is 5.30. The fourth-order valence-corrected chi connectivity index (χ4v) is 3.82. The van der Waals surface area contributed by atoms with Crippen LogP contribution in [0.5, 0.6) is 0 Å². The van der Waals surface area contributed by atoms with E-state index in [0.717, 1.165) is 11.6 Å². The summed E-state index contributed by atoms with van der Waals surface area (Å²) in [5, 5.41) is 3.70. The second-order valence-electron chi connectivity index (χ2n) is 8.23. The summed E-state index contributed by atoms with van der Waals surface area (Å²) in [4.78, 5) is 7.45. The lowest BCUT2D eigenvalue weighted by Gasteiger charge is -2.34. The van der Waals surface area contributed by atoms with Gasteiger partial charge < -0.3 is 15.7 Å². The molecule has 0 fully saturated rings. The first-order valence-electron chi connectivity index (χ1n) is 10.3. The van der Waals surface area contributed by atoms with Gasteiger partial charge in [-0.05, 0) is 45.4 Å². The molecule has 5 nitrogen and oxygen atoms in total. The SMILES string of the molecule is CC#CCCNNC1=Nc2c(cc(F)c(-c3cc(F)cc4c(C)c[nH]c34)c2F)NC1(C)C. The summed E-state index contributed by atoms with van der Waals surface area (Å²) >= 11 is 0. The average molecular weight is 439 g/mol. The summed E-state index contributed by atoms with van der Waals surface area (Å²) in [5.74, 6) is 3.96. The first kappa shape index (κ1) is 21.8. The van der Waals surface area contributed by atoms with Gasteiger partial charge in [0.15, 0.2) is 5.82 Å². The van der Waals surface area contributed by atoms with E-state index in [9.17, 15) is 4.39 Å². The molecule has 2 aromatic carbocycles. The van der Waals surface area contributed by atoms with Crippen LogP contribution < -0.4 is 16.2 Å². The van der Waals surface area contributed by atoms with Gasteiger partial charge in [0.25, 0.3) is 0 Å².